The number of amidine groups is 1. The van der Waals surface area contributed by atoms with Crippen molar-refractivity contribution < 1.29 is 9.47 Å². The molecule has 0 fully saturated rings. The van der Waals surface area contributed by atoms with Crippen molar-refractivity contribution in [3.63, 3.8) is 0 Å². The van der Waals surface area contributed by atoms with Gasteiger partial charge in [0.1, 0.15) is 23.1 Å². The summed E-state index contributed by atoms with van der Waals surface area (Å²) in [6.07, 6.45) is 0. The fraction of sp³-hybridized carbons (Fsp3) is 0.133. The molecule has 0 aliphatic rings. The van der Waals surface area contributed by atoms with Crippen molar-refractivity contribution in [2.75, 3.05) is 6.61 Å². The molecule has 2 aromatic rings. The molecule has 0 aliphatic heterocycles. The van der Waals surface area contributed by atoms with E-state index in [0.29, 0.717) is 28.7 Å². The Morgan fingerprint density at radius 1 is 1.15 bits per heavy atom. The zero-order valence-electron chi connectivity index (χ0n) is 11.0. The monoisotopic (exact) mass is 290 g/mol. The first-order valence-corrected chi connectivity index (χ1v) is 6.52. The van der Waals surface area contributed by atoms with Gasteiger partial charge in [-0.2, -0.15) is 0 Å². The minimum absolute atomic E-state index is 0.0282. The van der Waals surface area contributed by atoms with Crippen LogP contribution in [0.2, 0.25) is 5.02 Å². The molecule has 0 radical (unpaired) electrons. The molecule has 0 atom stereocenters. The molecule has 0 amide bonds. The average molecular weight is 291 g/mol. The van der Waals surface area contributed by atoms with Crippen LogP contribution in [0.5, 0.6) is 17.2 Å². The van der Waals surface area contributed by atoms with Crippen molar-refractivity contribution in [2.24, 2.45) is 5.73 Å². The Bertz CT molecular complexity index is 612. The van der Waals surface area contributed by atoms with E-state index < -0.39 is 0 Å². The molecule has 4 nitrogen and oxygen atoms in total. The molecule has 2 aromatic carbocycles. The van der Waals surface area contributed by atoms with Crippen LogP contribution in [0, 0.1) is 5.41 Å². The zero-order valence-corrected chi connectivity index (χ0v) is 11.8. The number of nitrogens with two attached hydrogens (primary N) is 1. The molecular weight excluding hydrogens is 276 g/mol. The fourth-order valence-corrected chi connectivity index (χ4v) is 1.87. The first-order chi connectivity index (χ1) is 9.60. The lowest BCUT2D eigenvalue weighted by Crippen LogP contribution is -2.10. The number of benzene rings is 2. The zero-order chi connectivity index (χ0) is 14.5. The van der Waals surface area contributed by atoms with Gasteiger partial charge in [-0.1, -0.05) is 11.6 Å². The van der Waals surface area contributed by atoms with Crippen LogP contribution in [0.4, 0.5) is 0 Å². The van der Waals surface area contributed by atoms with Crippen molar-refractivity contribution in [2.45, 2.75) is 6.92 Å². The minimum Gasteiger partial charge on any atom is -0.494 e. The van der Waals surface area contributed by atoms with Gasteiger partial charge in [-0.3, -0.25) is 5.41 Å². The lowest BCUT2D eigenvalue weighted by atomic mass is 10.2. The second-order valence-electron chi connectivity index (χ2n) is 4.07. The van der Waals surface area contributed by atoms with E-state index in [0.717, 1.165) is 5.75 Å². The fourth-order valence-electron chi connectivity index (χ4n) is 1.65. The standard InChI is InChI=1S/C15H15ClN2O2/c1-2-19-11-4-6-12(7-5-11)20-14-8-3-10(15(17)18)9-13(14)16/h3-9H,2H2,1H3,(H3,17,18). The third kappa shape index (κ3) is 3.42. The summed E-state index contributed by atoms with van der Waals surface area (Å²) in [7, 11) is 0. The van der Waals surface area contributed by atoms with Crippen LogP contribution in [0.25, 0.3) is 0 Å². The summed E-state index contributed by atoms with van der Waals surface area (Å²) in [6.45, 7) is 2.55. The normalized spacial score (nSPS) is 10.1. The Hall–Kier alpha value is -2.20. The molecule has 0 saturated carbocycles. The van der Waals surface area contributed by atoms with Crippen molar-refractivity contribution in [3.8, 4) is 17.2 Å². The van der Waals surface area contributed by atoms with E-state index in [9.17, 15) is 0 Å². The van der Waals surface area contributed by atoms with Crippen molar-refractivity contribution >= 4 is 17.4 Å². The molecule has 0 aliphatic carbocycles. The second kappa shape index (κ2) is 6.30. The second-order valence-corrected chi connectivity index (χ2v) is 4.47. The van der Waals surface area contributed by atoms with E-state index in [1.54, 1.807) is 30.3 Å². The number of nitrogens with one attached hydrogen (secondary N) is 1. The highest BCUT2D eigenvalue weighted by Gasteiger charge is 2.06. The predicted octanol–water partition coefficient (Wildman–Crippen LogP) is 3.82. The van der Waals surface area contributed by atoms with Gasteiger partial charge < -0.3 is 15.2 Å². The topological polar surface area (TPSA) is 68.3 Å². The van der Waals surface area contributed by atoms with Gasteiger partial charge in [0.05, 0.1) is 11.6 Å². The van der Waals surface area contributed by atoms with Gasteiger partial charge in [0.2, 0.25) is 0 Å². The summed E-state index contributed by atoms with van der Waals surface area (Å²) in [5, 5.41) is 7.76. The first-order valence-electron chi connectivity index (χ1n) is 6.15. The average Bonchev–Trinajstić information content (AvgIpc) is 2.43. The highest BCUT2D eigenvalue weighted by Crippen LogP contribution is 2.30. The minimum atomic E-state index is -0.0282. The van der Waals surface area contributed by atoms with E-state index in [4.69, 9.17) is 32.2 Å². The summed E-state index contributed by atoms with van der Waals surface area (Å²) >= 11 is 6.10. The predicted molar refractivity (Wildman–Crippen MR) is 80.2 cm³/mol. The number of ether oxygens (including phenoxy) is 2. The number of hydrogen-bond donors (Lipinski definition) is 2. The molecule has 2 rings (SSSR count). The Morgan fingerprint density at radius 2 is 1.80 bits per heavy atom. The maximum Gasteiger partial charge on any atom is 0.146 e. The van der Waals surface area contributed by atoms with Crippen molar-refractivity contribution in [3.05, 3.63) is 53.1 Å². The smallest absolute Gasteiger partial charge is 0.146 e. The Morgan fingerprint density at radius 3 is 2.35 bits per heavy atom. The van der Waals surface area contributed by atoms with E-state index in [1.807, 2.05) is 19.1 Å². The first kappa shape index (κ1) is 14.2. The Balaban J connectivity index is 2.15. The summed E-state index contributed by atoms with van der Waals surface area (Å²) in [5.41, 5.74) is 5.96. The van der Waals surface area contributed by atoms with Gasteiger partial charge in [0.15, 0.2) is 0 Å². The van der Waals surface area contributed by atoms with Gasteiger partial charge in [-0.05, 0) is 49.4 Å². The van der Waals surface area contributed by atoms with E-state index >= 15 is 0 Å². The van der Waals surface area contributed by atoms with Crippen LogP contribution in [0.15, 0.2) is 42.5 Å². The summed E-state index contributed by atoms with van der Waals surface area (Å²) in [4.78, 5) is 0. The van der Waals surface area contributed by atoms with Crippen molar-refractivity contribution in [1.29, 1.82) is 5.41 Å². The molecule has 104 valence electrons. The lowest BCUT2D eigenvalue weighted by Gasteiger charge is -2.09. The molecule has 20 heavy (non-hydrogen) atoms. The van der Waals surface area contributed by atoms with Crippen LogP contribution >= 0.6 is 11.6 Å². The molecule has 0 heterocycles. The van der Waals surface area contributed by atoms with Gasteiger partial charge in [-0.15, -0.1) is 0 Å². The van der Waals surface area contributed by atoms with E-state index in [-0.39, 0.29) is 5.84 Å². The molecule has 5 heteroatoms. The van der Waals surface area contributed by atoms with Gasteiger partial charge in [0.25, 0.3) is 0 Å². The SMILES string of the molecule is CCOc1ccc(Oc2ccc(C(=N)N)cc2Cl)cc1. The maximum absolute atomic E-state index is 7.35. The molecular formula is C15H15ClN2O2. The molecule has 0 bridgehead atoms. The van der Waals surface area contributed by atoms with Crippen LogP contribution < -0.4 is 15.2 Å². The number of hydrogen-bond acceptors (Lipinski definition) is 3. The lowest BCUT2D eigenvalue weighted by molar-refractivity contribution is 0.339. The molecule has 3 N–H and O–H groups in total. The van der Waals surface area contributed by atoms with Crippen molar-refractivity contribution in [1.82, 2.24) is 0 Å². The highest BCUT2D eigenvalue weighted by molar-refractivity contribution is 6.32. The number of halogens is 1. The summed E-state index contributed by atoms with van der Waals surface area (Å²) in [5.74, 6) is 1.93. The van der Waals surface area contributed by atoms with Crippen LogP contribution in [-0.2, 0) is 0 Å². The van der Waals surface area contributed by atoms with Gasteiger partial charge >= 0.3 is 0 Å². The Kier molecular flexibility index (Phi) is 4.48. The van der Waals surface area contributed by atoms with Crippen LogP contribution in [-0.4, -0.2) is 12.4 Å². The third-order valence-corrected chi connectivity index (χ3v) is 2.90. The van der Waals surface area contributed by atoms with E-state index in [1.165, 1.54) is 0 Å². The molecule has 0 saturated heterocycles. The van der Waals surface area contributed by atoms with Crippen LogP contribution in [0.3, 0.4) is 0 Å². The molecule has 0 spiro atoms. The highest BCUT2D eigenvalue weighted by atomic mass is 35.5. The summed E-state index contributed by atoms with van der Waals surface area (Å²) < 4.78 is 11.0. The molecule has 0 unspecified atom stereocenters. The number of nitrogen functional groups attached to an aromatic ring is 1. The quantitative estimate of drug-likeness (QED) is 0.650. The van der Waals surface area contributed by atoms with Gasteiger partial charge in [0, 0.05) is 5.56 Å². The maximum atomic E-state index is 7.35. The largest absolute Gasteiger partial charge is 0.494 e. The summed E-state index contributed by atoms with van der Waals surface area (Å²) in [6, 6.07) is 12.3. The van der Waals surface area contributed by atoms with Gasteiger partial charge in [-0.25, -0.2) is 0 Å². The molecule has 0 aromatic heterocycles. The third-order valence-electron chi connectivity index (χ3n) is 2.61. The van der Waals surface area contributed by atoms with E-state index in [2.05, 4.69) is 0 Å². The number of rotatable bonds is 5. The Labute approximate surface area is 122 Å². The van der Waals surface area contributed by atoms with Crippen LogP contribution in [0.1, 0.15) is 12.5 Å².